The fourth-order valence-electron chi connectivity index (χ4n) is 3.82. The highest BCUT2D eigenvalue weighted by molar-refractivity contribution is 8.00. The van der Waals surface area contributed by atoms with Gasteiger partial charge in [-0.2, -0.15) is 0 Å². The van der Waals surface area contributed by atoms with Crippen LogP contribution in [0.5, 0.6) is 5.75 Å². The molecule has 3 atom stereocenters. The van der Waals surface area contributed by atoms with E-state index in [2.05, 4.69) is 21.9 Å². The molecule has 0 bridgehead atoms. The molecule has 0 aliphatic carbocycles. The maximum atomic E-state index is 12.7. The predicted molar refractivity (Wildman–Crippen MR) is 154 cm³/mol. The Morgan fingerprint density at radius 2 is 1.90 bits per heavy atom. The van der Waals surface area contributed by atoms with E-state index in [4.69, 9.17) is 14.2 Å². The molecule has 2 rings (SSSR count). The van der Waals surface area contributed by atoms with Crippen molar-refractivity contribution in [1.82, 2.24) is 10.0 Å². The van der Waals surface area contributed by atoms with Crippen molar-refractivity contribution in [2.75, 3.05) is 18.4 Å². The number of carboxylic acids is 1. The van der Waals surface area contributed by atoms with Crippen LogP contribution in [0.1, 0.15) is 64.4 Å². The number of amides is 2. The van der Waals surface area contributed by atoms with E-state index in [-0.39, 0.29) is 61.6 Å². The summed E-state index contributed by atoms with van der Waals surface area (Å²) in [7, 11) is 0. The lowest BCUT2D eigenvalue weighted by Gasteiger charge is -2.31. The molecular weight excluding hydrogens is 554 g/mol. The normalized spacial score (nSPS) is 18.4. The van der Waals surface area contributed by atoms with E-state index >= 15 is 0 Å². The molecule has 1 heterocycles. The Labute approximate surface area is 244 Å². The van der Waals surface area contributed by atoms with Crippen molar-refractivity contribution in [2.24, 2.45) is 5.92 Å². The molecule has 1 fully saturated rings. The number of benzene rings is 1. The largest absolute Gasteiger partial charge is 0.479 e. The van der Waals surface area contributed by atoms with Gasteiger partial charge in [-0.3, -0.25) is 19.1 Å². The van der Waals surface area contributed by atoms with Gasteiger partial charge in [0, 0.05) is 38.8 Å². The van der Waals surface area contributed by atoms with Crippen molar-refractivity contribution in [2.45, 2.75) is 83.9 Å². The Morgan fingerprint density at radius 1 is 1.12 bits per heavy atom. The monoisotopic (exact) mass is 595 g/mol. The maximum Gasteiger partial charge on any atom is 0.333 e. The highest BCUT2D eigenvalue weighted by Gasteiger charge is 2.34. The number of nitrogens with one attached hydrogen (secondary N) is 3. The van der Waals surface area contributed by atoms with Crippen LogP contribution in [0.2, 0.25) is 0 Å². The van der Waals surface area contributed by atoms with Crippen LogP contribution in [0.3, 0.4) is 0 Å². The molecule has 1 aliphatic rings. The first-order valence-electron chi connectivity index (χ1n) is 13.7. The summed E-state index contributed by atoms with van der Waals surface area (Å²) in [5.74, 6) is -2.24. The van der Waals surface area contributed by atoms with Gasteiger partial charge in [-0.1, -0.05) is 44.9 Å². The predicted octanol–water partition coefficient (Wildman–Crippen LogP) is 3.10. The first-order chi connectivity index (χ1) is 19.6. The van der Waals surface area contributed by atoms with Crippen LogP contribution >= 0.6 is 11.9 Å². The van der Waals surface area contributed by atoms with Gasteiger partial charge in [0.25, 0.3) is 0 Å². The summed E-state index contributed by atoms with van der Waals surface area (Å²) < 4.78 is 19.7. The molecule has 0 spiro atoms. The van der Waals surface area contributed by atoms with Gasteiger partial charge in [-0.25, -0.2) is 4.79 Å². The lowest BCUT2D eigenvalue weighted by atomic mass is 10.1. The van der Waals surface area contributed by atoms with Crippen LogP contribution in [0.15, 0.2) is 30.2 Å². The third-order valence-corrected chi connectivity index (χ3v) is 6.53. The molecule has 228 valence electrons. The highest BCUT2D eigenvalue weighted by Crippen LogP contribution is 2.31. The second kappa shape index (κ2) is 18.3. The minimum Gasteiger partial charge on any atom is -0.479 e. The summed E-state index contributed by atoms with van der Waals surface area (Å²) in [4.78, 5) is 48.1. The number of carboxylic acid groups (broad SMARTS) is 1. The summed E-state index contributed by atoms with van der Waals surface area (Å²) in [5.41, 5.74) is 0.833. The number of rotatable bonds is 18. The summed E-state index contributed by atoms with van der Waals surface area (Å²) in [6.45, 7) is 7.99. The van der Waals surface area contributed by atoms with Crippen molar-refractivity contribution >= 4 is 41.4 Å². The molecular formula is C28H41N3O9S. The van der Waals surface area contributed by atoms with Crippen LogP contribution < -0.4 is 20.1 Å². The minimum absolute atomic E-state index is 0.000169. The van der Waals surface area contributed by atoms with Crippen molar-refractivity contribution in [3.8, 4) is 5.75 Å². The first-order valence-corrected chi connectivity index (χ1v) is 14.6. The average Bonchev–Trinajstić information content (AvgIpc) is 2.92. The second-order valence-corrected chi connectivity index (χ2v) is 10.7. The van der Waals surface area contributed by atoms with Crippen molar-refractivity contribution in [1.29, 1.82) is 0 Å². The van der Waals surface area contributed by atoms with Crippen LogP contribution in [-0.2, 0) is 35.3 Å². The Morgan fingerprint density at radius 3 is 2.61 bits per heavy atom. The van der Waals surface area contributed by atoms with E-state index in [1.165, 1.54) is 11.9 Å². The SMILES string of the molecule is C=CSNCCCCCC(=O)NCCC(=O)Nc1cc(COC(=O)C(C)C)ccc1OC1CC(O)CC(C(=O)O)O1. The van der Waals surface area contributed by atoms with Crippen LogP contribution in [0.25, 0.3) is 0 Å². The van der Waals surface area contributed by atoms with Gasteiger partial charge in [0.2, 0.25) is 18.1 Å². The van der Waals surface area contributed by atoms with Gasteiger partial charge in [0.15, 0.2) is 6.10 Å². The Balaban J connectivity index is 1.95. The molecule has 41 heavy (non-hydrogen) atoms. The number of carbonyl (C=O) groups excluding carboxylic acids is 3. The van der Waals surface area contributed by atoms with Crippen molar-refractivity contribution in [3.63, 3.8) is 0 Å². The third-order valence-electron chi connectivity index (χ3n) is 5.99. The van der Waals surface area contributed by atoms with Gasteiger partial charge in [-0.15, -0.1) is 0 Å². The zero-order chi connectivity index (χ0) is 30.2. The van der Waals surface area contributed by atoms with E-state index < -0.39 is 30.4 Å². The number of esters is 1. The van der Waals surface area contributed by atoms with Gasteiger partial charge in [0.1, 0.15) is 12.4 Å². The van der Waals surface area contributed by atoms with Crippen molar-refractivity contribution in [3.05, 3.63) is 35.7 Å². The topological polar surface area (TPSA) is 173 Å². The zero-order valence-corrected chi connectivity index (χ0v) is 24.4. The quantitative estimate of drug-likeness (QED) is 0.0959. The number of aliphatic hydroxyl groups excluding tert-OH is 1. The van der Waals surface area contributed by atoms with E-state index in [0.29, 0.717) is 12.0 Å². The number of ether oxygens (including phenoxy) is 3. The van der Waals surface area contributed by atoms with Gasteiger partial charge >= 0.3 is 11.9 Å². The van der Waals surface area contributed by atoms with Crippen LogP contribution in [-0.4, -0.2) is 65.6 Å². The molecule has 2 amide bonds. The summed E-state index contributed by atoms with van der Waals surface area (Å²) in [5, 5.41) is 26.6. The minimum atomic E-state index is -1.23. The number of hydrogen-bond donors (Lipinski definition) is 5. The van der Waals surface area contributed by atoms with Gasteiger partial charge < -0.3 is 35.1 Å². The number of anilines is 1. The number of carbonyl (C=O) groups is 4. The Bertz CT molecular complexity index is 1040. The van der Waals surface area contributed by atoms with E-state index in [0.717, 1.165) is 25.8 Å². The van der Waals surface area contributed by atoms with Crippen LogP contribution in [0.4, 0.5) is 5.69 Å². The first kappa shape index (κ1) is 34.1. The smallest absolute Gasteiger partial charge is 0.333 e. The molecule has 1 aliphatic heterocycles. The Kier molecular flexibility index (Phi) is 15.2. The fraction of sp³-hybridized carbons (Fsp3) is 0.571. The lowest BCUT2D eigenvalue weighted by Crippen LogP contribution is -2.42. The molecule has 1 saturated heterocycles. The molecule has 3 unspecified atom stereocenters. The molecule has 1 aromatic carbocycles. The summed E-state index contributed by atoms with van der Waals surface area (Å²) >= 11 is 1.43. The highest BCUT2D eigenvalue weighted by atomic mass is 32.2. The van der Waals surface area contributed by atoms with E-state index in [1.807, 2.05) is 0 Å². The fourth-order valence-corrected chi connectivity index (χ4v) is 4.20. The molecule has 0 saturated carbocycles. The standard InChI is InChI=1S/C28H41N3O9S/c1-4-41-30-12-7-5-6-8-24(33)29-13-11-25(34)31-21-14-19(17-38-28(37)18(2)3)9-10-22(21)39-26-16-20(32)15-23(40-26)27(35)36/h4,9-10,14,18,20,23,26,30,32H,1,5-8,11-13,15-17H2,2-3H3,(H,29,33)(H,31,34)(H,35,36). The third kappa shape index (κ3) is 13.4. The lowest BCUT2D eigenvalue weighted by molar-refractivity contribution is -0.195. The summed E-state index contributed by atoms with van der Waals surface area (Å²) in [6.07, 6.45) is -0.275. The van der Waals surface area contributed by atoms with Crippen molar-refractivity contribution < 1.29 is 43.6 Å². The Hall–Kier alpha value is -3.13. The number of aliphatic hydroxyl groups is 1. The summed E-state index contributed by atoms with van der Waals surface area (Å²) in [6, 6.07) is 4.76. The zero-order valence-electron chi connectivity index (χ0n) is 23.6. The second-order valence-electron chi connectivity index (χ2n) is 9.87. The number of unbranched alkanes of at least 4 members (excludes halogenated alkanes) is 2. The number of aliphatic carboxylic acids is 1. The number of hydrogen-bond acceptors (Lipinski definition) is 10. The van der Waals surface area contributed by atoms with E-state index in [9.17, 15) is 29.4 Å². The van der Waals surface area contributed by atoms with Gasteiger partial charge in [-0.05, 0) is 35.9 Å². The maximum absolute atomic E-state index is 12.7. The van der Waals surface area contributed by atoms with Crippen LogP contribution in [0, 0.1) is 5.92 Å². The molecule has 1 aromatic rings. The molecule has 13 heteroatoms. The van der Waals surface area contributed by atoms with Gasteiger partial charge in [0.05, 0.1) is 17.7 Å². The molecule has 5 N–H and O–H groups in total. The molecule has 0 radical (unpaired) electrons. The van der Waals surface area contributed by atoms with E-state index in [1.54, 1.807) is 37.5 Å². The molecule has 0 aromatic heterocycles. The average molecular weight is 596 g/mol. The molecule has 12 nitrogen and oxygen atoms in total.